The van der Waals surface area contributed by atoms with Crippen LogP contribution in [0.25, 0.3) is 0 Å². The van der Waals surface area contributed by atoms with Crippen LogP contribution in [0.4, 0.5) is 4.79 Å². The largest absolute Gasteiger partial charge is 0.335 e. The third kappa shape index (κ3) is 5.97. The zero-order chi connectivity index (χ0) is 18.4. The van der Waals surface area contributed by atoms with Gasteiger partial charge in [-0.1, -0.05) is 36.6 Å². The van der Waals surface area contributed by atoms with Gasteiger partial charge in [-0.25, -0.2) is 4.79 Å². The number of quaternary nitrogens is 2. The zero-order valence-electron chi connectivity index (χ0n) is 15.2. The molecule has 0 radical (unpaired) electrons. The lowest BCUT2D eigenvalue weighted by Gasteiger charge is -2.29. The van der Waals surface area contributed by atoms with Crippen molar-refractivity contribution in [3.63, 3.8) is 0 Å². The summed E-state index contributed by atoms with van der Waals surface area (Å²) in [4.78, 5) is 26.7. The Morgan fingerprint density at radius 3 is 2.27 bits per heavy atom. The minimum atomic E-state index is -0.340. The van der Waals surface area contributed by atoms with E-state index in [0.29, 0.717) is 6.54 Å². The summed E-state index contributed by atoms with van der Waals surface area (Å²) in [5.41, 5.74) is 1.29. The van der Waals surface area contributed by atoms with E-state index in [4.69, 9.17) is 11.6 Å². The Morgan fingerprint density at radius 2 is 1.62 bits per heavy atom. The summed E-state index contributed by atoms with van der Waals surface area (Å²) in [7, 11) is 0. The highest BCUT2D eigenvalue weighted by Gasteiger charge is 2.26. The van der Waals surface area contributed by atoms with E-state index in [9.17, 15) is 9.59 Å². The minimum Gasteiger partial charge on any atom is -0.335 e. The van der Waals surface area contributed by atoms with Gasteiger partial charge in [-0.15, -0.1) is 0 Å². The van der Waals surface area contributed by atoms with Gasteiger partial charge in [0.2, 0.25) is 0 Å². The molecular formula is C19H29ClN4O2+2. The monoisotopic (exact) mass is 380 g/mol. The Labute approximate surface area is 159 Å². The van der Waals surface area contributed by atoms with Crippen LogP contribution < -0.4 is 20.4 Å². The molecule has 1 heterocycles. The highest BCUT2D eigenvalue weighted by Crippen LogP contribution is 2.17. The zero-order valence-corrected chi connectivity index (χ0v) is 15.9. The van der Waals surface area contributed by atoms with Crippen molar-refractivity contribution in [3.05, 3.63) is 34.9 Å². The second-order valence-electron chi connectivity index (χ2n) is 7.48. The molecular weight excluding hydrogens is 352 g/mol. The SMILES string of the molecule is O=C(C[NH+]1CC[NH+](Cc2ccc(Cl)cc2)CC1)NC(=O)NC1CCCC1. The Balaban J connectivity index is 1.34. The number of carbonyl (C=O) groups excluding carboxylic acids is 2. The Morgan fingerprint density at radius 1 is 1.00 bits per heavy atom. The van der Waals surface area contributed by atoms with Gasteiger partial charge in [0.15, 0.2) is 6.54 Å². The van der Waals surface area contributed by atoms with Gasteiger partial charge in [-0.05, 0) is 25.0 Å². The first-order chi connectivity index (χ1) is 12.6. The van der Waals surface area contributed by atoms with Crippen LogP contribution in [-0.4, -0.2) is 50.7 Å². The van der Waals surface area contributed by atoms with Gasteiger partial charge in [0.1, 0.15) is 32.7 Å². The number of rotatable bonds is 5. The van der Waals surface area contributed by atoms with E-state index in [-0.39, 0.29) is 18.0 Å². The molecule has 1 aromatic carbocycles. The topological polar surface area (TPSA) is 67.1 Å². The molecule has 7 heteroatoms. The lowest BCUT2D eigenvalue weighted by atomic mass is 10.2. The first-order valence-electron chi connectivity index (χ1n) is 9.60. The molecule has 2 aliphatic rings. The van der Waals surface area contributed by atoms with Gasteiger partial charge in [0.05, 0.1) is 0 Å². The highest BCUT2D eigenvalue weighted by molar-refractivity contribution is 6.30. The van der Waals surface area contributed by atoms with Crippen LogP contribution in [0.2, 0.25) is 5.02 Å². The van der Waals surface area contributed by atoms with Crippen molar-refractivity contribution < 1.29 is 19.4 Å². The molecule has 0 atom stereocenters. The molecule has 3 rings (SSSR count). The summed E-state index contributed by atoms with van der Waals surface area (Å²) in [5, 5.41) is 6.14. The van der Waals surface area contributed by atoms with E-state index in [1.54, 1.807) is 0 Å². The molecule has 3 amide bonds. The van der Waals surface area contributed by atoms with Crippen LogP contribution in [0.15, 0.2) is 24.3 Å². The number of urea groups is 1. The first kappa shape index (κ1) is 19.1. The number of benzene rings is 1. The van der Waals surface area contributed by atoms with Gasteiger partial charge in [-0.3, -0.25) is 10.1 Å². The van der Waals surface area contributed by atoms with Gasteiger partial charge in [0.25, 0.3) is 5.91 Å². The van der Waals surface area contributed by atoms with Crippen molar-refractivity contribution in [1.82, 2.24) is 10.6 Å². The van der Waals surface area contributed by atoms with Crippen LogP contribution in [-0.2, 0) is 11.3 Å². The third-order valence-electron chi connectivity index (χ3n) is 5.39. The summed E-state index contributed by atoms with van der Waals surface area (Å²) < 4.78 is 0. The predicted octanol–water partition coefficient (Wildman–Crippen LogP) is -0.608. The van der Waals surface area contributed by atoms with Gasteiger partial charge >= 0.3 is 6.03 Å². The van der Waals surface area contributed by atoms with E-state index in [2.05, 4.69) is 22.8 Å². The lowest BCUT2D eigenvalue weighted by Crippen LogP contribution is -3.28. The van der Waals surface area contributed by atoms with Crippen molar-refractivity contribution in [3.8, 4) is 0 Å². The van der Waals surface area contributed by atoms with Crippen LogP contribution in [0, 0.1) is 0 Å². The number of imide groups is 1. The molecule has 4 N–H and O–H groups in total. The quantitative estimate of drug-likeness (QED) is 0.550. The summed E-state index contributed by atoms with van der Waals surface area (Å²) >= 11 is 5.93. The second kappa shape index (κ2) is 9.35. The van der Waals surface area contributed by atoms with Crippen molar-refractivity contribution in [2.75, 3.05) is 32.7 Å². The van der Waals surface area contributed by atoms with E-state index >= 15 is 0 Å². The molecule has 1 saturated carbocycles. The van der Waals surface area contributed by atoms with Crippen LogP contribution >= 0.6 is 11.6 Å². The van der Waals surface area contributed by atoms with Crippen molar-refractivity contribution >= 4 is 23.5 Å². The fraction of sp³-hybridized carbons (Fsp3) is 0.579. The Hall–Kier alpha value is -1.63. The number of piperazine rings is 1. The van der Waals surface area contributed by atoms with Gasteiger partial charge < -0.3 is 15.1 Å². The average molecular weight is 381 g/mol. The number of hydrogen-bond acceptors (Lipinski definition) is 2. The predicted molar refractivity (Wildman–Crippen MR) is 100 cm³/mol. The Bertz CT molecular complexity index is 608. The molecule has 26 heavy (non-hydrogen) atoms. The molecule has 0 spiro atoms. The van der Waals surface area contributed by atoms with Crippen LogP contribution in [0.5, 0.6) is 0 Å². The third-order valence-corrected chi connectivity index (χ3v) is 5.64. The Kier molecular flexibility index (Phi) is 6.88. The summed E-state index contributed by atoms with van der Waals surface area (Å²) in [5.74, 6) is -0.184. The van der Waals surface area contributed by atoms with Gasteiger partial charge in [0, 0.05) is 16.6 Å². The molecule has 6 nitrogen and oxygen atoms in total. The molecule has 1 aliphatic heterocycles. The molecule has 142 valence electrons. The number of hydrogen-bond donors (Lipinski definition) is 4. The van der Waals surface area contributed by atoms with Crippen molar-refractivity contribution in [1.29, 1.82) is 0 Å². The maximum absolute atomic E-state index is 12.1. The van der Waals surface area contributed by atoms with E-state index < -0.39 is 0 Å². The van der Waals surface area contributed by atoms with Crippen molar-refractivity contribution in [2.45, 2.75) is 38.3 Å². The van der Waals surface area contributed by atoms with Gasteiger partial charge in [-0.2, -0.15) is 0 Å². The molecule has 1 saturated heterocycles. The first-order valence-corrected chi connectivity index (χ1v) is 9.98. The van der Waals surface area contributed by atoms with E-state index in [1.807, 2.05) is 12.1 Å². The number of carbonyl (C=O) groups is 2. The molecule has 1 aromatic rings. The lowest BCUT2D eigenvalue weighted by molar-refractivity contribution is -1.02. The minimum absolute atomic E-state index is 0.184. The summed E-state index contributed by atoms with van der Waals surface area (Å²) in [6.07, 6.45) is 4.35. The molecule has 2 fully saturated rings. The highest BCUT2D eigenvalue weighted by atomic mass is 35.5. The van der Waals surface area contributed by atoms with Crippen LogP contribution in [0.1, 0.15) is 31.2 Å². The smallest absolute Gasteiger partial charge is 0.321 e. The summed E-state index contributed by atoms with van der Waals surface area (Å²) in [6.45, 7) is 5.30. The molecule has 1 aliphatic carbocycles. The maximum atomic E-state index is 12.1. The van der Waals surface area contributed by atoms with Crippen LogP contribution in [0.3, 0.4) is 0 Å². The normalized spacial score (nSPS) is 23.6. The van der Waals surface area contributed by atoms with E-state index in [1.165, 1.54) is 15.4 Å². The molecule has 0 bridgehead atoms. The van der Waals surface area contributed by atoms with E-state index in [0.717, 1.165) is 63.4 Å². The maximum Gasteiger partial charge on any atom is 0.321 e. The fourth-order valence-corrected chi connectivity index (χ4v) is 4.02. The summed E-state index contributed by atoms with van der Waals surface area (Å²) in [6, 6.07) is 7.90. The fourth-order valence-electron chi connectivity index (χ4n) is 3.89. The number of halogens is 1. The second-order valence-corrected chi connectivity index (χ2v) is 7.92. The van der Waals surface area contributed by atoms with Crippen molar-refractivity contribution in [2.24, 2.45) is 0 Å². The number of nitrogens with one attached hydrogen (secondary N) is 4. The molecule has 0 aromatic heterocycles. The molecule has 0 unspecified atom stereocenters. The number of amides is 3. The average Bonchev–Trinajstić information content (AvgIpc) is 3.11. The standard InChI is InChI=1S/C19H27ClN4O2/c20-16-7-5-15(6-8-16)13-23-9-11-24(12-10-23)14-18(25)22-19(26)21-17-3-1-2-4-17/h5-8,17H,1-4,9-14H2,(H2,21,22,25,26)/p+2.